The van der Waals surface area contributed by atoms with Crippen LogP contribution in [-0.4, -0.2) is 24.0 Å². The molecule has 0 spiro atoms. The quantitative estimate of drug-likeness (QED) is 0.491. The highest BCUT2D eigenvalue weighted by Crippen LogP contribution is 2.34. The lowest BCUT2D eigenvalue weighted by molar-refractivity contribution is -0.145. The maximum Gasteiger partial charge on any atom is 0.309 e. The minimum absolute atomic E-state index is 0.303. The van der Waals surface area contributed by atoms with Crippen LogP contribution in [0.1, 0.15) is 17.5 Å². The second kappa shape index (κ2) is 5.16. The summed E-state index contributed by atoms with van der Waals surface area (Å²) in [4.78, 5) is 11.6. The van der Waals surface area contributed by atoms with Crippen molar-refractivity contribution in [2.24, 2.45) is 11.1 Å². The van der Waals surface area contributed by atoms with Crippen LogP contribution in [0.3, 0.4) is 0 Å². The molecule has 0 bridgehead atoms. The van der Waals surface area contributed by atoms with Crippen LogP contribution >= 0.6 is 23.2 Å². The zero-order chi connectivity index (χ0) is 13.3. The van der Waals surface area contributed by atoms with Crippen LogP contribution in [0.4, 0.5) is 0 Å². The number of halogens is 2. The van der Waals surface area contributed by atoms with Gasteiger partial charge in [-0.2, -0.15) is 0 Å². The van der Waals surface area contributed by atoms with E-state index in [1.807, 2.05) is 0 Å². The lowest BCUT2D eigenvalue weighted by Gasteiger charge is -2.24. The van der Waals surface area contributed by atoms with Crippen molar-refractivity contribution in [3.63, 3.8) is 0 Å². The summed E-state index contributed by atoms with van der Waals surface area (Å²) in [6, 6.07) is 3.31. The van der Waals surface area contributed by atoms with Crippen molar-refractivity contribution >= 4 is 34.9 Å². The summed E-state index contributed by atoms with van der Waals surface area (Å²) >= 11 is 12.0. The first kappa shape index (κ1) is 13.2. The Kier molecular flexibility index (Phi) is 3.78. The number of carbonyl (C=O) groups excluding carboxylic acids is 1. The number of hydrogen-bond acceptors (Lipinski definition) is 4. The molecule has 96 valence electrons. The van der Waals surface area contributed by atoms with E-state index in [-0.39, 0.29) is 11.9 Å². The van der Waals surface area contributed by atoms with Crippen LogP contribution in [0, 0.1) is 5.92 Å². The second-order valence-corrected chi connectivity index (χ2v) is 4.94. The number of fused-ring (bicyclic) bond motifs is 1. The van der Waals surface area contributed by atoms with Crippen molar-refractivity contribution in [3.05, 3.63) is 33.3 Å². The largest absolute Gasteiger partial charge is 0.469 e. The molecule has 6 heteroatoms. The standard InChI is InChI=1S/C12H11Cl2NO3/c1-18-12(16)7-2-6-3-8(13)5-9(14)11(6)10(4-7)15-17/h3,5,7,17H,2,4H2,1H3. The number of hydrogen-bond donors (Lipinski definition) is 1. The summed E-state index contributed by atoms with van der Waals surface area (Å²) in [6.45, 7) is 0. The number of carbonyl (C=O) groups is 1. The average molecular weight is 288 g/mol. The van der Waals surface area contributed by atoms with Gasteiger partial charge >= 0.3 is 5.97 Å². The average Bonchev–Trinajstić information content (AvgIpc) is 2.35. The molecule has 1 atom stereocenters. The minimum Gasteiger partial charge on any atom is -0.469 e. The monoisotopic (exact) mass is 287 g/mol. The summed E-state index contributed by atoms with van der Waals surface area (Å²) < 4.78 is 4.72. The Morgan fingerprint density at radius 3 is 2.78 bits per heavy atom. The zero-order valence-electron chi connectivity index (χ0n) is 9.61. The SMILES string of the molecule is COC(=O)C1CC(=NO)c2c(Cl)cc(Cl)cc2C1. The Hall–Kier alpha value is -1.26. The van der Waals surface area contributed by atoms with Crippen molar-refractivity contribution < 1.29 is 14.7 Å². The normalized spacial score (nSPS) is 20.6. The number of ether oxygens (including phenoxy) is 1. The molecule has 1 aromatic rings. The Morgan fingerprint density at radius 1 is 1.44 bits per heavy atom. The molecule has 18 heavy (non-hydrogen) atoms. The Labute approximate surface area is 114 Å². The molecule has 0 radical (unpaired) electrons. The maximum absolute atomic E-state index is 11.6. The van der Waals surface area contributed by atoms with E-state index < -0.39 is 0 Å². The molecule has 1 unspecified atom stereocenters. The van der Waals surface area contributed by atoms with E-state index in [4.69, 9.17) is 33.1 Å². The summed E-state index contributed by atoms with van der Waals surface area (Å²) in [7, 11) is 1.33. The summed E-state index contributed by atoms with van der Waals surface area (Å²) in [5, 5.41) is 13.2. The third kappa shape index (κ3) is 2.31. The molecule has 0 aromatic heterocycles. The lowest BCUT2D eigenvalue weighted by atomic mass is 9.82. The van der Waals surface area contributed by atoms with Gasteiger partial charge in [-0.1, -0.05) is 28.4 Å². The van der Waals surface area contributed by atoms with E-state index in [9.17, 15) is 4.79 Å². The molecule has 0 aliphatic heterocycles. The van der Waals surface area contributed by atoms with Crippen molar-refractivity contribution in [1.29, 1.82) is 0 Å². The highest BCUT2D eigenvalue weighted by Gasteiger charge is 2.31. The van der Waals surface area contributed by atoms with Crippen LogP contribution in [-0.2, 0) is 16.0 Å². The van der Waals surface area contributed by atoms with Gasteiger partial charge in [0.05, 0.1) is 23.8 Å². The molecule has 0 heterocycles. The van der Waals surface area contributed by atoms with Crippen molar-refractivity contribution in [2.75, 3.05) is 7.11 Å². The fourth-order valence-corrected chi connectivity index (χ4v) is 2.85. The molecular formula is C12H11Cl2NO3. The molecule has 2 rings (SSSR count). The smallest absolute Gasteiger partial charge is 0.309 e. The third-order valence-electron chi connectivity index (χ3n) is 2.99. The number of rotatable bonds is 1. The van der Waals surface area contributed by atoms with Crippen molar-refractivity contribution in [1.82, 2.24) is 0 Å². The molecule has 1 aromatic carbocycles. The zero-order valence-corrected chi connectivity index (χ0v) is 11.1. The highest BCUT2D eigenvalue weighted by molar-refractivity contribution is 6.37. The number of benzene rings is 1. The molecule has 0 amide bonds. The summed E-state index contributed by atoms with van der Waals surface area (Å²) in [6.07, 6.45) is 0.777. The molecular weight excluding hydrogens is 277 g/mol. The van der Waals surface area contributed by atoms with E-state index in [0.29, 0.717) is 34.2 Å². The van der Waals surface area contributed by atoms with Gasteiger partial charge in [0.1, 0.15) is 0 Å². The van der Waals surface area contributed by atoms with E-state index in [1.54, 1.807) is 12.1 Å². The van der Waals surface area contributed by atoms with Gasteiger partial charge in [-0.3, -0.25) is 4.79 Å². The first-order valence-corrected chi connectivity index (χ1v) is 6.09. The van der Waals surface area contributed by atoms with Crippen LogP contribution < -0.4 is 0 Å². The van der Waals surface area contributed by atoms with Gasteiger partial charge in [0, 0.05) is 17.0 Å². The molecule has 0 fully saturated rings. The second-order valence-electron chi connectivity index (χ2n) is 4.10. The van der Waals surface area contributed by atoms with Gasteiger partial charge in [-0.05, 0) is 24.1 Å². The number of oxime groups is 1. The molecule has 1 aliphatic carbocycles. The Bertz CT molecular complexity index is 528. The molecule has 1 N–H and O–H groups in total. The summed E-state index contributed by atoms with van der Waals surface area (Å²) in [5.74, 6) is -0.708. The van der Waals surface area contributed by atoms with E-state index in [2.05, 4.69) is 5.16 Å². The van der Waals surface area contributed by atoms with Crippen molar-refractivity contribution in [2.45, 2.75) is 12.8 Å². The Morgan fingerprint density at radius 2 is 2.17 bits per heavy atom. The minimum atomic E-state index is -0.372. The first-order chi connectivity index (χ1) is 8.56. The fourth-order valence-electron chi connectivity index (χ4n) is 2.21. The lowest BCUT2D eigenvalue weighted by Crippen LogP contribution is -2.28. The maximum atomic E-state index is 11.6. The van der Waals surface area contributed by atoms with E-state index in [1.165, 1.54) is 7.11 Å². The number of esters is 1. The Balaban J connectivity index is 2.49. The predicted octanol–water partition coefficient (Wildman–Crippen LogP) is 2.91. The van der Waals surface area contributed by atoms with Gasteiger partial charge in [0.25, 0.3) is 0 Å². The van der Waals surface area contributed by atoms with Gasteiger partial charge in [-0.25, -0.2) is 0 Å². The van der Waals surface area contributed by atoms with E-state index in [0.717, 1.165) is 5.56 Å². The molecule has 0 saturated carbocycles. The fraction of sp³-hybridized carbons (Fsp3) is 0.333. The van der Waals surface area contributed by atoms with Crippen LogP contribution in [0.2, 0.25) is 10.0 Å². The molecule has 1 aliphatic rings. The van der Waals surface area contributed by atoms with Crippen LogP contribution in [0.5, 0.6) is 0 Å². The predicted molar refractivity (Wildman–Crippen MR) is 68.6 cm³/mol. The summed E-state index contributed by atoms with van der Waals surface area (Å²) in [5.41, 5.74) is 1.83. The van der Waals surface area contributed by atoms with E-state index >= 15 is 0 Å². The van der Waals surface area contributed by atoms with Gasteiger partial charge in [0.2, 0.25) is 0 Å². The van der Waals surface area contributed by atoms with Crippen molar-refractivity contribution in [3.8, 4) is 0 Å². The molecule has 4 nitrogen and oxygen atoms in total. The van der Waals surface area contributed by atoms with Crippen LogP contribution in [0.25, 0.3) is 0 Å². The van der Waals surface area contributed by atoms with Crippen LogP contribution in [0.15, 0.2) is 17.3 Å². The number of nitrogens with zero attached hydrogens (tertiary/aromatic N) is 1. The molecule has 0 saturated heterocycles. The topological polar surface area (TPSA) is 58.9 Å². The van der Waals surface area contributed by atoms with Gasteiger partial charge in [0.15, 0.2) is 0 Å². The highest BCUT2D eigenvalue weighted by atomic mass is 35.5. The number of methoxy groups -OCH3 is 1. The third-order valence-corrected chi connectivity index (χ3v) is 3.50. The van der Waals surface area contributed by atoms with Gasteiger partial charge in [-0.15, -0.1) is 0 Å². The van der Waals surface area contributed by atoms with Gasteiger partial charge < -0.3 is 9.94 Å². The first-order valence-electron chi connectivity index (χ1n) is 5.34.